The number of aromatic nitrogens is 1. The van der Waals surface area contributed by atoms with Crippen LogP contribution >= 0.6 is 0 Å². The molecule has 0 aliphatic rings. The highest BCUT2D eigenvalue weighted by molar-refractivity contribution is 5.96. The molecule has 4 nitrogen and oxygen atoms in total. The Labute approximate surface area is 136 Å². The monoisotopic (exact) mass is 308 g/mol. The summed E-state index contributed by atoms with van der Waals surface area (Å²) in [7, 11) is 1.74. The number of carbonyl (C=O) groups excluding carboxylic acids is 1. The van der Waals surface area contributed by atoms with Gasteiger partial charge in [-0.2, -0.15) is 0 Å². The lowest BCUT2D eigenvalue weighted by atomic mass is 10.1. The molecule has 0 fully saturated rings. The molecule has 4 heteroatoms. The molecule has 2 aromatic rings. The summed E-state index contributed by atoms with van der Waals surface area (Å²) < 4.78 is 5.43. The molecule has 0 saturated heterocycles. The Balaban J connectivity index is 2.32. The zero-order valence-corrected chi connectivity index (χ0v) is 13.8. The summed E-state index contributed by atoms with van der Waals surface area (Å²) in [5.74, 6) is 5.61. The normalized spacial score (nSPS) is 10.4. The fraction of sp³-hybridized carbons (Fsp3) is 0.263. The number of nitrogens with zero attached hydrogens (tertiary/aromatic N) is 1. The first-order valence-corrected chi connectivity index (χ1v) is 7.37. The van der Waals surface area contributed by atoms with Gasteiger partial charge in [-0.3, -0.25) is 0 Å². The third-order valence-electron chi connectivity index (χ3n) is 2.90. The lowest BCUT2D eigenvalue weighted by Gasteiger charge is -2.20. The van der Waals surface area contributed by atoms with E-state index >= 15 is 0 Å². The first kappa shape index (κ1) is 16.6. The van der Waals surface area contributed by atoms with Crippen molar-refractivity contribution in [3.63, 3.8) is 0 Å². The highest BCUT2D eigenvalue weighted by atomic mass is 16.6. The second kappa shape index (κ2) is 6.97. The molecular weight excluding hydrogens is 288 g/mol. The van der Waals surface area contributed by atoms with Crippen LogP contribution in [0.4, 0.5) is 5.69 Å². The van der Waals surface area contributed by atoms with Crippen molar-refractivity contribution in [2.45, 2.75) is 26.4 Å². The van der Waals surface area contributed by atoms with Crippen LogP contribution in [0, 0.1) is 11.8 Å². The lowest BCUT2D eigenvalue weighted by molar-refractivity contribution is 0.00705. The van der Waals surface area contributed by atoms with Gasteiger partial charge in [0.2, 0.25) is 0 Å². The fourth-order valence-electron chi connectivity index (χ4n) is 1.88. The number of hydrogen-bond donors (Lipinski definition) is 1. The maximum Gasteiger partial charge on any atom is 0.340 e. The fourth-order valence-corrected chi connectivity index (χ4v) is 1.88. The molecule has 0 unspecified atom stereocenters. The molecule has 23 heavy (non-hydrogen) atoms. The summed E-state index contributed by atoms with van der Waals surface area (Å²) in [6, 6.07) is 11.3. The predicted molar refractivity (Wildman–Crippen MR) is 91.4 cm³/mol. The number of esters is 1. The summed E-state index contributed by atoms with van der Waals surface area (Å²) in [4.78, 5) is 16.6. The van der Waals surface area contributed by atoms with E-state index < -0.39 is 11.6 Å². The zero-order valence-electron chi connectivity index (χ0n) is 13.8. The summed E-state index contributed by atoms with van der Waals surface area (Å²) >= 11 is 0. The van der Waals surface area contributed by atoms with Gasteiger partial charge in [-0.05, 0) is 44.9 Å². The first-order chi connectivity index (χ1) is 10.9. The largest absolute Gasteiger partial charge is 0.456 e. The Hall–Kier alpha value is -2.80. The molecule has 0 atom stereocenters. The molecule has 0 spiro atoms. The van der Waals surface area contributed by atoms with Gasteiger partial charge >= 0.3 is 5.97 Å². The number of carbonyl (C=O) groups is 1. The van der Waals surface area contributed by atoms with Crippen molar-refractivity contribution in [3.8, 4) is 11.8 Å². The average molecular weight is 308 g/mol. The Morgan fingerprint density at radius 1 is 1.17 bits per heavy atom. The Kier molecular flexibility index (Phi) is 5.02. The Bertz CT molecular complexity index is 750. The number of pyridine rings is 1. The van der Waals surface area contributed by atoms with Gasteiger partial charge in [0.25, 0.3) is 0 Å². The van der Waals surface area contributed by atoms with Crippen molar-refractivity contribution in [2.75, 3.05) is 12.4 Å². The van der Waals surface area contributed by atoms with Crippen LogP contribution in [0.2, 0.25) is 0 Å². The van der Waals surface area contributed by atoms with Crippen molar-refractivity contribution in [1.29, 1.82) is 0 Å². The molecule has 0 saturated carbocycles. The zero-order chi connectivity index (χ0) is 16.9. The first-order valence-electron chi connectivity index (χ1n) is 7.37. The number of hydrogen-bond acceptors (Lipinski definition) is 4. The molecule has 2 rings (SSSR count). The number of rotatable bonds is 2. The average Bonchev–Trinajstić information content (AvgIpc) is 2.52. The van der Waals surface area contributed by atoms with Gasteiger partial charge in [0, 0.05) is 12.6 Å². The van der Waals surface area contributed by atoms with Crippen LogP contribution in [0.5, 0.6) is 0 Å². The van der Waals surface area contributed by atoms with Gasteiger partial charge in [-0.15, -0.1) is 0 Å². The van der Waals surface area contributed by atoms with Crippen LogP contribution in [-0.2, 0) is 4.74 Å². The van der Waals surface area contributed by atoms with Crippen molar-refractivity contribution in [3.05, 3.63) is 59.4 Å². The third-order valence-corrected chi connectivity index (χ3v) is 2.90. The number of ether oxygens (including phenoxy) is 1. The SMILES string of the molecule is CNc1cnc(C#Cc2ccccc2)cc1C(=O)OC(C)(C)C. The summed E-state index contributed by atoms with van der Waals surface area (Å²) in [5, 5.41) is 2.95. The van der Waals surface area contributed by atoms with E-state index in [2.05, 4.69) is 22.1 Å². The van der Waals surface area contributed by atoms with Gasteiger partial charge < -0.3 is 10.1 Å². The molecule has 118 valence electrons. The van der Waals surface area contributed by atoms with Crippen molar-refractivity contribution in [1.82, 2.24) is 4.98 Å². The highest BCUT2D eigenvalue weighted by Gasteiger charge is 2.20. The minimum absolute atomic E-state index is 0.396. The number of nitrogens with one attached hydrogen (secondary N) is 1. The Morgan fingerprint density at radius 3 is 2.48 bits per heavy atom. The number of anilines is 1. The quantitative estimate of drug-likeness (QED) is 0.681. The van der Waals surface area contributed by atoms with Crippen molar-refractivity contribution in [2.24, 2.45) is 0 Å². The highest BCUT2D eigenvalue weighted by Crippen LogP contribution is 2.19. The van der Waals surface area contributed by atoms with Gasteiger partial charge in [-0.1, -0.05) is 24.1 Å². The molecule has 1 aromatic carbocycles. The molecule has 0 radical (unpaired) electrons. The topological polar surface area (TPSA) is 51.2 Å². The van der Waals surface area contributed by atoms with Crippen LogP contribution in [0.3, 0.4) is 0 Å². The molecule has 1 N–H and O–H groups in total. The molecule has 0 aliphatic carbocycles. The van der Waals surface area contributed by atoms with E-state index in [4.69, 9.17) is 4.74 Å². The van der Waals surface area contributed by atoms with E-state index in [1.54, 1.807) is 19.3 Å². The van der Waals surface area contributed by atoms with E-state index in [1.807, 2.05) is 51.1 Å². The van der Waals surface area contributed by atoms with Gasteiger partial charge in [0.1, 0.15) is 11.3 Å². The van der Waals surface area contributed by atoms with E-state index in [9.17, 15) is 4.79 Å². The maximum atomic E-state index is 12.3. The van der Waals surface area contributed by atoms with Gasteiger partial charge in [0.05, 0.1) is 17.4 Å². The maximum absolute atomic E-state index is 12.3. The molecule has 1 heterocycles. The van der Waals surface area contributed by atoms with Crippen LogP contribution in [0.15, 0.2) is 42.6 Å². The van der Waals surface area contributed by atoms with E-state index in [0.29, 0.717) is 16.9 Å². The summed E-state index contributed by atoms with van der Waals surface area (Å²) in [6.45, 7) is 5.50. The molecule has 0 amide bonds. The van der Waals surface area contributed by atoms with Crippen molar-refractivity contribution >= 4 is 11.7 Å². The Morgan fingerprint density at radius 2 is 1.87 bits per heavy atom. The third kappa shape index (κ3) is 4.86. The minimum Gasteiger partial charge on any atom is -0.456 e. The van der Waals surface area contributed by atoms with Crippen LogP contribution in [0.25, 0.3) is 0 Å². The van der Waals surface area contributed by atoms with Crippen molar-refractivity contribution < 1.29 is 9.53 Å². The van der Waals surface area contributed by atoms with Gasteiger partial charge in [0.15, 0.2) is 0 Å². The lowest BCUT2D eigenvalue weighted by Crippen LogP contribution is -2.24. The van der Waals surface area contributed by atoms with E-state index in [0.717, 1.165) is 5.56 Å². The minimum atomic E-state index is -0.554. The smallest absolute Gasteiger partial charge is 0.340 e. The standard InChI is InChI=1S/C19H20N2O2/c1-19(2,3)23-18(22)16-12-15(21-13-17(16)20-4)11-10-14-8-6-5-7-9-14/h5-9,12-13,20H,1-4H3. The van der Waals surface area contributed by atoms with Crippen LogP contribution in [-0.4, -0.2) is 23.6 Å². The second-order valence-corrected chi connectivity index (χ2v) is 5.98. The summed E-state index contributed by atoms with van der Waals surface area (Å²) in [5.41, 5.74) is 1.90. The van der Waals surface area contributed by atoms with E-state index in [-0.39, 0.29) is 0 Å². The van der Waals surface area contributed by atoms with Crippen LogP contribution < -0.4 is 5.32 Å². The molecule has 1 aromatic heterocycles. The predicted octanol–water partition coefficient (Wildman–Crippen LogP) is 3.48. The van der Waals surface area contributed by atoms with Crippen LogP contribution in [0.1, 0.15) is 42.4 Å². The second-order valence-electron chi connectivity index (χ2n) is 5.98. The van der Waals surface area contributed by atoms with Gasteiger partial charge in [-0.25, -0.2) is 9.78 Å². The summed E-state index contributed by atoms with van der Waals surface area (Å²) in [6.07, 6.45) is 1.59. The number of benzene rings is 1. The van der Waals surface area contributed by atoms with E-state index in [1.165, 1.54) is 0 Å². The molecular formula is C19H20N2O2. The molecule has 0 bridgehead atoms. The molecule has 0 aliphatic heterocycles.